The molecule has 1 rings (SSSR count). The van der Waals surface area contributed by atoms with Crippen LogP contribution in [-0.4, -0.2) is 37.1 Å². The molecule has 0 heterocycles. The van der Waals surface area contributed by atoms with E-state index in [0.717, 1.165) is 6.04 Å². The molecule has 0 aliphatic heterocycles. The molecule has 2 heteroatoms. The average Bonchev–Trinajstić information content (AvgIpc) is 2.40. The lowest BCUT2D eigenvalue weighted by atomic mass is 9.80. The van der Waals surface area contributed by atoms with E-state index in [-0.39, 0.29) is 0 Å². The first kappa shape index (κ1) is 16.0. The third kappa shape index (κ3) is 4.55. The molecule has 1 fully saturated rings. The zero-order valence-electron chi connectivity index (χ0n) is 13.1. The summed E-state index contributed by atoms with van der Waals surface area (Å²) in [6.07, 6.45) is 12.3. The Bertz CT molecular complexity index is 207. The molecule has 0 spiro atoms. The SMILES string of the molecule is CCCCC(CC)NCC1(N(C)C)CCCCC1. The van der Waals surface area contributed by atoms with Crippen LogP contribution in [0, 0.1) is 0 Å². The molecule has 1 unspecified atom stereocenters. The third-order valence-corrected chi connectivity index (χ3v) is 4.85. The van der Waals surface area contributed by atoms with Crippen molar-refractivity contribution in [2.24, 2.45) is 0 Å². The van der Waals surface area contributed by atoms with E-state index in [1.165, 1.54) is 64.3 Å². The van der Waals surface area contributed by atoms with E-state index in [9.17, 15) is 0 Å². The fourth-order valence-electron chi connectivity index (χ4n) is 3.23. The Balaban J connectivity index is 2.45. The van der Waals surface area contributed by atoms with Gasteiger partial charge in [0.2, 0.25) is 0 Å². The van der Waals surface area contributed by atoms with Crippen molar-refractivity contribution in [1.82, 2.24) is 10.2 Å². The first-order valence-electron chi connectivity index (χ1n) is 8.05. The van der Waals surface area contributed by atoms with Crippen molar-refractivity contribution in [2.45, 2.75) is 83.2 Å². The Morgan fingerprint density at radius 3 is 2.28 bits per heavy atom. The highest BCUT2D eigenvalue weighted by Gasteiger charge is 2.34. The van der Waals surface area contributed by atoms with Gasteiger partial charge in [-0.15, -0.1) is 0 Å². The highest BCUT2D eigenvalue weighted by atomic mass is 15.2. The minimum absolute atomic E-state index is 0.428. The van der Waals surface area contributed by atoms with E-state index in [0.29, 0.717) is 5.54 Å². The molecule has 0 bridgehead atoms. The van der Waals surface area contributed by atoms with Crippen molar-refractivity contribution in [1.29, 1.82) is 0 Å². The number of nitrogens with one attached hydrogen (secondary N) is 1. The van der Waals surface area contributed by atoms with Crippen LogP contribution in [-0.2, 0) is 0 Å². The summed E-state index contributed by atoms with van der Waals surface area (Å²) in [4.78, 5) is 2.48. The van der Waals surface area contributed by atoms with Gasteiger partial charge < -0.3 is 10.2 Å². The summed E-state index contributed by atoms with van der Waals surface area (Å²) < 4.78 is 0. The lowest BCUT2D eigenvalue weighted by Crippen LogP contribution is -2.54. The second-order valence-electron chi connectivity index (χ2n) is 6.31. The van der Waals surface area contributed by atoms with Crippen molar-refractivity contribution >= 4 is 0 Å². The van der Waals surface area contributed by atoms with Crippen LogP contribution < -0.4 is 5.32 Å². The van der Waals surface area contributed by atoms with E-state index < -0.39 is 0 Å². The number of rotatable bonds is 8. The predicted molar refractivity (Wildman–Crippen MR) is 81.1 cm³/mol. The molecule has 0 radical (unpaired) electrons. The maximum Gasteiger partial charge on any atom is 0.0327 e. The van der Waals surface area contributed by atoms with Gasteiger partial charge in [-0.05, 0) is 39.8 Å². The van der Waals surface area contributed by atoms with Crippen LogP contribution in [0.2, 0.25) is 0 Å². The third-order valence-electron chi connectivity index (χ3n) is 4.85. The van der Waals surface area contributed by atoms with E-state index in [1.807, 2.05) is 0 Å². The zero-order chi connectivity index (χ0) is 13.4. The summed E-state index contributed by atoms with van der Waals surface area (Å²) in [5.41, 5.74) is 0.428. The van der Waals surface area contributed by atoms with Crippen molar-refractivity contribution in [3.8, 4) is 0 Å². The van der Waals surface area contributed by atoms with Gasteiger partial charge in [0.1, 0.15) is 0 Å². The maximum absolute atomic E-state index is 3.85. The van der Waals surface area contributed by atoms with Gasteiger partial charge in [-0.25, -0.2) is 0 Å². The lowest BCUT2D eigenvalue weighted by molar-refractivity contribution is 0.0943. The summed E-state index contributed by atoms with van der Waals surface area (Å²) >= 11 is 0. The fourth-order valence-corrected chi connectivity index (χ4v) is 3.23. The molecular weight excluding hydrogens is 220 g/mol. The molecule has 1 aliphatic carbocycles. The van der Waals surface area contributed by atoms with Crippen molar-refractivity contribution in [3.63, 3.8) is 0 Å². The number of hydrogen-bond donors (Lipinski definition) is 1. The van der Waals surface area contributed by atoms with Crippen molar-refractivity contribution in [2.75, 3.05) is 20.6 Å². The Morgan fingerprint density at radius 1 is 1.11 bits per heavy atom. The van der Waals surface area contributed by atoms with Gasteiger partial charge >= 0.3 is 0 Å². The molecule has 2 nitrogen and oxygen atoms in total. The summed E-state index contributed by atoms with van der Waals surface area (Å²) in [5, 5.41) is 3.85. The average molecular weight is 254 g/mol. The number of likely N-dealkylation sites (N-methyl/N-ethyl adjacent to an activating group) is 1. The van der Waals surface area contributed by atoms with Gasteiger partial charge in [-0.2, -0.15) is 0 Å². The summed E-state index contributed by atoms with van der Waals surface area (Å²) in [6, 6.07) is 0.726. The van der Waals surface area contributed by atoms with Gasteiger partial charge in [-0.1, -0.05) is 46.0 Å². The van der Waals surface area contributed by atoms with Crippen LogP contribution in [0.3, 0.4) is 0 Å². The highest BCUT2D eigenvalue weighted by molar-refractivity contribution is 4.93. The first-order valence-corrected chi connectivity index (χ1v) is 8.05. The monoisotopic (exact) mass is 254 g/mol. The molecule has 1 atom stereocenters. The van der Waals surface area contributed by atoms with Crippen molar-refractivity contribution in [3.05, 3.63) is 0 Å². The molecule has 0 aromatic carbocycles. The van der Waals surface area contributed by atoms with Gasteiger partial charge in [0.15, 0.2) is 0 Å². The van der Waals surface area contributed by atoms with Gasteiger partial charge in [0.05, 0.1) is 0 Å². The maximum atomic E-state index is 3.85. The number of hydrogen-bond acceptors (Lipinski definition) is 2. The van der Waals surface area contributed by atoms with Crippen LogP contribution in [0.5, 0.6) is 0 Å². The molecule has 0 amide bonds. The number of unbranched alkanes of at least 4 members (excludes halogenated alkanes) is 1. The second-order valence-corrected chi connectivity index (χ2v) is 6.31. The highest BCUT2D eigenvalue weighted by Crippen LogP contribution is 2.31. The fraction of sp³-hybridized carbons (Fsp3) is 1.00. The second kappa shape index (κ2) is 8.16. The predicted octanol–water partition coefficient (Wildman–Crippen LogP) is 3.81. The molecule has 108 valence electrons. The minimum atomic E-state index is 0.428. The first-order chi connectivity index (χ1) is 8.64. The van der Waals surface area contributed by atoms with E-state index in [1.54, 1.807) is 0 Å². The van der Waals surface area contributed by atoms with Crippen molar-refractivity contribution < 1.29 is 0 Å². The molecule has 0 saturated heterocycles. The largest absolute Gasteiger partial charge is 0.312 e. The molecule has 0 aromatic rings. The topological polar surface area (TPSA) is 15.3 Å². The normalized spacial score (nSPS) is 21.2. The zero-order valence-corrected chi connectivity index (χ0v) is 13.1. The quantitative estimate of drug-likeness (QED) is 0.708. The van der Waals surface area contributed by atoms with Gasteiger partial charge in [-0.3, -0.25) is 0 Å². The Kier molecular flexibility index (Phi) is 7.25. The van der Waals surface area contributed by atoms with Crippen LogP contribution in [0.25, 0.3) is 0 Å². The molecule has 18 heavy (non-hydrogen) atoms. The lowest BCUT2D eigenvalue weighted by Gasteiger charge is -2.44. The van der Waals surface area contributed by atoms with Crippen LogP contribution in [0.4, 0.5) is 0 Å². The number of nitrogens with zero attached hydrogens (tertiary/aromatic N) is 1. The standard InChI is InChI=1S/C16H34N2/c1-5-7-11-15(6-2)17-14-16(18(3)4)12-9-8-10-13-16/h15,17H,5-14H2,1-4H3. The molecule has 1 saturated carbocycles. The van der Waals surface area contributed by atoms with Gasteiger partial charge in [0.25, 0.3) is 0 Å². The summed E-state index contributed by atoms with van der Waals surface area (Å²) in [5.74, 6) is 0. The Labute approximate surface area is 115 Å². The van der Waals surface area contributed by atoms with Gasteiger partial charge in [0, 0.05) is 18.1 Å². The smallest absolute Gasteiger partial charge is 0.0327 e. The van der Waals surface area contributed by atoms with E-state index in [2.05, 4.69) is 38.2 Å². The Hall–Kier alpha value is -0.0800. The van der Waals surface area contributed by atoms with Crippen LogP contribution >= 0.6 is 0 Å². The Morgan fingerprint density at radius 2 is 1.78 bits per heavy atom. The van der Waals surface area contributed by atoms with Crippen LogP contribution in [0.15, 0.2) is 0 Å². The summed E-state index contributed by atoms with van der Waals surface area (Å²) in [7, 11) is 4.53. The summed E-state index contributed by atoms with van der Waals surface area (Å²) in [6.45, 7) is 5.79. The molecule has 1 N–H and O–H groups in total. The van der Waals surface area contributed by atoms with Crippen LogP contribution in [0.1, 0.15) is 71.6 Å². The minimum Gasteiger partial charge on any atom is -0.312 e. The molecule has 1 aliphatic rings. The molecular formula is C16H34N2. The molecule has 0 aromatic heterocycles. The van der Waals surface area contributed by atoms with E-state index >= 15 is 0 Å². The van der Waals surface area contributed by atoms with E-state index in [4.69, 9.17) is 0 Å².